The molecule has 2 aromatic rings. The van der Waals surface area contributed by atoms with Crippen LogP contribution in [0.2, 0.25) is 5.02 Å². The van der Waals surface area contributed by atoms with E-state index in [0.717, 1.165) is 0 Å². The molecule has 4 atom stereocenters. The number of likely N-dealkylation sites (tertiary alicyclic amines) is 1. The molecule has 1 saturated carbocycles. The first-order valence-corrected chi connectivity index (χ1v) is 18.1. The van der Waals surface area contributed by atoms with Gasteiger partial charge in [-0.25, -0.2) is 13.2 Å². The van der Waals surface area contributed by atoms with Crippen molar-refractivity contribution in [1.82, 2.24) is 25.2 Å². The van der Waals surface area contributed by atoms with Gasteiger partial charge in [0.1, 0.15) is 35.1 Å². The van der Waals surface area contributed by atoms with E-state index in [1.807, 2.05) is 0 Å². The molecule has 268 valence electrons. The van der Waals surface area contributed by atoms with Crippen LogP contribution in [0, 0.1) is 5.41 Å². The minimum Gasteiger partial charge on any atom is -0.488 e. The smallest absolute Gasteiger partial charge is 0.408 e. The number of nitrogens with zero attached hydrogens (tertiary/aromatic N) is 2. The fourth-order valence-corrected chi connectivity index (χ4v) is 7.10. The molecule has 1 aliphatic heterocycles. The highest BCUT2D eigenvalue weighted by Crippen LogP contribution is 2.33. The highest BCUT2D eigenvalue weighted by atomic mass is 35.5. The van der Waals surface area contributed by atoms with Crippen LogP contribution in [0.4, 0.5) is 4.79 Å². The second-order valence-electron chi connectivity index (χ2n) is 14.6. The van der Waals surface area contributed by atoms with Crippen molar-refractivity contribution >= 4 is 56.3 Å². The number of rotatable bonds is 11. The third-order valence-corrected chi connectivity index (χ3v) is 10.5. The zero-order chi connectivity index (χ0) is 36.5. The van der Waals surface area contributed by atoms with Gasteiger partial charge in [-0.3, -0.25) is 24.1 Å². The van der Waals surface area contributed by atoms with Crippen molar-refractivity contribution in [3.05, 3.63) is 48.1 Å². The summed E-state index contributed by atoms with van der Waals surface area (Å²) >= 11 is 6.16. The normalized spacial score (nSPS) is 20.1. The van der Waals surface area contributed by atoms with E-state index < -0.39 is 73.8 Å². The molecule has 49 heavy (non-hydrogen) atoms. The topological polar surface area (TPSA) is 173 Å². The molecule has 2 fully saturated rings. The molecule has 0 unspecified atom stereocenters. The minimum atomic E-state index is -3.93. The first kappa shape index (κ1) is 37.9. The molecule has 3 N–H and O–H groups in total. The number of fused-ring (bicyclic) bond motifs is 1. The maximum atomic E-state index is 14.4. The van der Waals surface area contributed by atoms with Crippen LogP contribution in [0.1, 0.15) is 74.1 Å². The molecular formula is C34H46ClN5O8S. The van der Waals surface area contributed by atoms with Gasteiger partial charge in [-0.15, -0.1) is 6.58 Å². The van der Waals surface area contributed by atoms with Gasteiger partial charge in [-0.1, -0.05) is 45.4 Å². The van der Waals surface area contributed by atoms with Crippen LogP contribution in [0.25, 0.3) is 10.9 Å². The van der Waals surface area contributed by atoms with Crippen molar-refractivity contribution in [2.75, 3.05) is 6.54 Å². The lowest BCUT2D eigenvalue weighted by Gasteiger charge is -2.36. The number of sulfonamides is 1. The van der Waals surface area contributed by atoms with Gasteiger partial charge in [0.25, 0.3) is 5.91 Å². The van der Waals surface area contributed by atoms with Gasteiger partial charge in [0.05, 0.1) is 17.3 Å². The van der Waals surface area contributed by atoms with Crippen LogP contribution in [-0.2, 0) is 29.1 Å². The monoisotopic (exact) mass is 719 g/mol. The number of carbonyl (C=O) groups is 4. The molecular weight excluding hydrogens is 674 g/mol. The van der Waals surface area contributed by atoms with Crippen LogP contribution >= 0.6 is 11.6 Å². The standard InChI is InChI=1S/C34H46ClN5O8S/c1-9-34(10-2,30(43)39-49(45,46)22-12-13-22)38-28(41)25-18-21(47-26-15-16-36-24-17-20(35)11-14-23(24)26)19-40(25)29(42)27(32(3,4)5)37-31(44)48-33(6,7)8/h9,11,14-17,21-22,25,27H,1,10,12-13,18-19H2,2-8H3,(H,37,44)(H,38,41)(H,39,43)/t21-,25+,27-,34+/m1/s1. The summed E-state index contributed by atoms with van der Waals surface area (Å²) in [5.74, 6) is -1.79. The van der Waals surface area contributed by atoms with Gasteiger partial charge < -0.3 is 25.0 Å². The van der Waals surface area contributed by atoms with Gasteiger partial charge in [0.15, 0.2) is 0 Å². The van der Waals surface area contributed by atoms with E-state index in [0.29, 0.717) is 34.5 Å². The van der Waals surface area contributed by atoms with Crippen molar-refractivity contribution in [3.63, 3.8) is 0 Å². The Kier molecular flexibility index (Phi) is 10.9. The zero-order valence-corrected chi connectivity index (χ0v) is 30.5. The summed E-state index contributed by atoms with van der Waals surface area (Å²) in [6.07, 6.45) is 2.11. The van der Waals surface area contributed by atoms with E-state index in [4.69, 9.17) is 21.1 Å². The number of aromatic nitrogens is 1. The van der Waals surface area contributed by atoms with Gasteiger partial charge in [-0.2, -0.15) is 0 Å². The molecule has 1 saturated heterocycles. The van der Waals surface area contributed by atoms with E-state index in [9.17, 15) is 27.6 Å². The fourth-order valence-electron chi connectivity index (χ4n) is 5.57. The van der Waals surface area contributed by atoms with E-state index in [-0.39, 0.29) is 19.4 Å². The Morgan fingerprint density at radius 2 is 1.80 bits per heavy atom. The number of ether oxygens (including phenoxy) is 2. The summed E-state index contributed by atoms with van der Waals surface area (Å²) in [7, 11) is -3.93. The molecule has 1 aromatic heterocycles. The largest absolute Gasteiger partial charge is 0.488 e. The van der Waals surface area contributed by atoms with Gasteiger partial charge >= 0.3 is 6.09 Å². The van der Waals surface area contributed by atoms with Crippen LogP contribution < -0.4 is 20.1 Å². The Labute approximate surface area is 292 Å². The van der Waals surface area contributed by atoms with E-state index in [1.165, 1.54) is 11.0 Å². The molecule has 0 radical (unpaired) electrons. The number of amides is 4. The zero-order valence-electron chi connectivity index (χ0n) is 29.0. The second-order valence-corrected chi connectivity index (χ2v) is 17.0. The average molecular weight is 720 g/mol. The summed E-state index contributed by atoms with van der Waals surface area (Å²) in [5, 5.41) is 5.87. The number of alkyl carbamates (subject to hydrolysis) is 1. The summed E-state index contributed by atoms with van der Waals surface area (Å²) < 4.78 is 39.2. The Hall–Kier alpha value is -3.91. The number of halogens is 1. The van der Waals surface area contributed by atoms with Crippen molar-refractivity contribution in [1.29, 1.82) is 0 Å². The van der Waals surface area contributed by atoms with Crippen molar-refractivity contribution in [2.24, 2.45) is 5.41 Å². The Balaban J connectivity index is 1.67. The molecule has 0 bridgehead atoms. The Morgan fingerprint density at radius 3 is 2.37 bits per heavy atom. The SMILES string of the molecule is C=C[C@@](CC)(NC(=O)[C@@H]1C[C@@H](Oc2ccnc3cc(Cl)ccc23)CN1C(=O)[C@@H](NC(=O)OC(C)(C)C)C(C)(C)C)C(=O)NS(=O)(=O)C1CC1. The number of nitrogens with one attached hydrogen (secondary N) is 3. The number of pyridine rings is 1. The number of benzene rings is 1. The van der Waals surface area contributed by atoms with Crippen molar-refractivity contribution in [2.45, 2.75) is 109 Å². The van der Waals surface area contributed by atoms with Crippen molar-refractivity contribution in [3.8, 4) is 5.75 Å². The fraction of sp³-hybridized carbons (Fsp3) is 0.559. The molecule has 1 aromatic carbocycles. The molecule has 13 nitrogen and oxygen atoms in total. The van der Waals surface area contributed by atoms with E-state index >= 15 is 0 Å². The lowest BCUT2D eigenvalue weighted by Crippen LogP contribution is -2.63. The maximum absolute atomic E-state index is 14.4. The predicted octanol–water partition coefficient (Wildman–Crippen LogP) is 4.24. The number of hydrogen-bond acceptors (Lipinski definition) is 9. The quantitative estimate of drug-likeness (QED) is 0.287. The number of carbonyl (C=O) groups excluding carboxylic acids is 4. The predicted molar refractivity (Wildman–Crippen MR) is 185 cm³/mol. The minimum absolute atomic E-state index is 0.0111. The molecule has 2 heterocycles. The van der Waals surface area contributed by atoms with E-state index in [1.54, 1.807) is 78.9 Å². The van der Waals surface area contributed by atoms with Gasteiger partial charge in [0, 0.05) is 23.0 Å². The summed E-state index contributed by atoms with van der Waals surface area (Å²) in [5.41, 5.74) is -2.86. The summed E-state index contributed by atoms with van der Waals surface area (Å²) in [6, 6.07) is 4.52. The summed E-state index contributed by atoms with van der Waals surface area (Å²) in [6.45, 7) is 15.7. The lowest BCUT2D eigenvalue weighted by molar-refractivity contribution is -0.143. The highest BCUT2D eigenvalue weighted by molar-refractivity contribution is 7.91. The van der Waals surface area contributed by atoms with Crippen LogP contribution in [0.15, 0.2) is 43.1 Å². The molecule has 1 aliphatic carbocycles. The first-order valence-electron chi connectivity index (χ1n) is 16.2. The second kappa shape index (κ2) is 14.1. The molecule has 4 amide bonds. The Morgan fingerprint density at radius 1 is 1.12 bits per heavy atom. The number of hydrogen-bond donors (Lipinski definition) is 3. The molecule has 0 spiro atoms. The Bertz CT molecular complexity index is 1730. The third-order valence-electron chi connectivity index (χ3n) is 8.44. The van der Waals surface area contributed by atoms with Crippen LogP contribution in [0.5, 0.6) is 5.75 Å². The first-order chi connectivity index (χ1) is 22.7. The van der Waals surface area contributed by atoms with Crippen LogP contribution in [0.3, 0.4) is 0 Å². The highest BCUT2D eigenvalue weighted by Gasteiger charge is 2.49. The lowest BCUT2D eigenvalue weighted by atomic mass is 9.85. The van der Waals surface area contributed by atoms with Gasteiger partial charge in [-0.05, 0) is 69.7 Å². The van der Waals surface area contributed by atoms with E-state index in [2.05, 4.69) is 26.9 Å². The average Bonchev–Trinajstić information content (AvgIpc) is 3.78. The molecule has 2 aliphatic rings. The summed E-state index contributed by atoms with van der Waals surface area (Å²) in [4.78, 5) is 60.5. The molecule has 15 heteroatoms. The van der Waals surface area contributed by atoms with Crippen molar-refractivity contribution < 1.29 is 37.1 Å². The maximum Gasteiger partial charge on any atom is 0.408 e. The molecule has 4 rings (SSSR count). The van der Waals surface area contributed by atoms with Crippen LogP contribution in [-0.4, -0.2) is 83.2 Å². The van der Waals surface area contributed by atoms with Gasteiger partial charge in [0.2, 0.25) is 21.8 Å². The third kappa shape index (κ3) is 9.01.